The van der Waals surface area contributed by atoms with Crippen molar-refractivity contribution in [2.45, 2.75) is 33.5 Å². The van der Waals surface area contributed by atoms with Crippen LogP contribution in [0.3, 0.4) is 0 Å². The summed E-state index contributed by atoms with van der Waals surface area (Å²) in [6.07, 6.45) is 5.18. The van der Waals surface area contributed by atoms with Gasteiger partial charge in [-0.05, 0) is 44.5 Å². The van der Waals surface area contributed by atoms with E-state index in [4.69, 9.17) is 0 Å². The molecule has 0 saturated carbocycles. The van der Waals surface area contributed by atoms with E-state index in [-0.39, 0.29) is 18.1 Å². The fourth-order valence-electron chi connectivity index (χ4n) is 3.63. The quantitative estimate of drug-likeness (QED) is 0.282. The highest BCUT2D eigenvalue weighted by molar-refractivity contribution is 5.92. The molecule has 0 aliphatic rings. The highest BCUT2D eigenvalue weighted by Gasteiger charge is 2.12. The highest BCUT2D eigenvalue weighted by Crippen LogP contribution is 2.20. The zero-order valence-electron chi connectivity index (χ0n) is 21.0. The number of amides is 1. The summed E-state index contributed by atoms with van der Waals surface area (Å²) in [5.74, 6) is 1.97. The second-order valence-corrected chi connectivity index (χ2v) is 8.75. The Balaban J connectivity index is 1.21. The van der Waals surface area contributed by atoms with Crippen LogP contribution in [0.5, 0.6) is 0 Å². The molecule has 1 atom stereocenters. The first kappa shape index (κ1) is 24.7. The topological polar surface area (TPSA) is 139 Å². The number of rotatable bonds is 8. The van der Waals surface area contributed by atoms with E-state index < -0.39 is 6.17 Å². The Kier molecular flexibility index (Phi) is 6.85. The molecule has 0 aliphatic carbocycles. The molecule has 0 bridgehead atoms. The van der Waals surface area contributed by atoms with Gasteiger partial charge in [-0.25, -0.2) is 24.0 Å². The van der Waals surface area contributed by atoms with Crippen LogP contribution in [0.25, 0.3) is 17.2 Å². The Hall–Kier alpha value is -5.00. The first-order chi connectivity index (χ1) is 18.3. The maximum atomic E-state index is 13.4. The van der Waals surface area contributed by atoms with E-state index in [9.17, 15) is 9.18 Å². The summed E-state index contributed by atoms with van der Waals surface area (Å²) in [5.41, 5.74) is 3.93. The highest BCUT2D eigenvalue weighted by atomic mass is 19.1. The third-order valence-electron chi connectivity index (χ3n) is 5.63. The van der Waals surface area contributed by atoms with Crippen LogP contribution >= 0.6 is 0 Å². The number of hydrogen-bond donors (Lipinski definition) is 3. The van der Waals surface area contributed by atoms with Crippen LogP contribution in [-0.2, 0) is 6.54 Å². The van der Waals surface area contributed by atoms with E-state index >= 15 is 0 Å². The van der Waals surface area contributed by atoms with Gasteiger partial charge in [-0.3, -0.25) is 14.9 Å². The lowest BCUT2D eigenvalue weighted by Crippen LogP contribution is -2.23. The molecule has 1 unspecified atom stereocenters. The predicted octanol–water partition coefficient (Wildman–Crippen LogP) is 4.16. The van der Waals surface area contributed by atoms with E-state index in [2.05, 4.69) is 45.9 Å². The molecule has 5 aromatic heterocycles. The van der Waals surface area contributed by atoms with Crippen molar-refractivity contribution in [1.29, 1.82) is 0 Å². The molecule has 12 heteroatoms. The molecule has 38 heavy (non-hydrogen) atoms. The Morgan fingerprint density at radius 3 is 2.58 bits per heavy atom. The van der Waals surface area contributed by atoms with Crippen LogP contribution < -0.4 is 10.6 Å². The first-order valence-corrected chi connectivity index (χ1v) is 11.9. The summed E-state index contributed by atoms with van der Waals surface area (Å²) in [6, 6.07) is 10.7. The molecular weight excluding hydrogens is 487 g/mol. The van der Waals surface area contributed by atoms with Crippen molar-refractivity contribution in [1.82, 2.24) is 45.2 Å². The van der Waals surface area contributed by atoms with Crippen LogP contribution in [0.4, 0.5) is 16.0 Å². The number of carbonyl (C=O) groups is 1. The van der Waals surface area contributed by atoms with Crippen LogP contribution in [0.1, 0.15) is 46.1 Å². The molecule has 0 aliphatic heterocycles. The average molecular weight is 513 g/mol. The number of carbonyl (C=O) groups excluding carboxylic acids is 1. The summed E-state index contributed by atoms with van der Waals surface area (Å²) >= 11 is 0. The van der Waals surface area contributed by atoms with Gasteiger partial charge < -0.3 is 10.6 Å². The monoisotopic (exact) mass is 512 g/mol. The molecule has 1 amide bonds. The largest absolute Gasteiger partial charge is 0.347 e. The number of nitrogens with zero attached hydrogens (tertiary/aromatic N) is 7. The fourth-order valence-corrected chi connectivity index (χ4v) is 3.63. The van der Waals surface area contributed by atoms with E-state index in [1.807, 2.05) is 32.0 Å². The van der Waals surface area contributed by atoms with E-state index in [0.29, 0.717) is 34.4 Å². The van der Waals surface area contributed by atoms with Gasteiger partial charge in [-0.2, -0.15) is 10.2 Å². The molecule has 5 aromatic rings. The van der Waals surface area contributed by atoms with Crippen molar-refractivity contribution in [2.24, 2.45) is 0 Å². The van der Waals surface area contributed by atoms with Gasteiger partial charge in [0, 0.05) is 59.8 Å². The summed E-state index contributed by atoms with van der Waals surface area (Å²) in [6.45, 7) is 5.51. The van der Waals surface area contributed by atoms with E-state index in [1.54, 1.807) is 36.8 Å². The maximum absolute atomic E-state index is 13.4. The molecule has 11 nitrogen and oxygen atoms in total. The molecule has 0 radical (unpaired) electrons. The van der Waals surface area contributed by atoms with Gasteiger partial charge in [0.2, 0.25) is 0 Å². The van der Waals surface area contributed by atoms with Gasteiger partial charge in [-0.1, -0.05) is 6.07 Å². The Labute approximate surface area is 217 Å². The molecule has 0 aromatic carbocycles. The Morgan fingerprint density at radius 1 is 1.05 bits per heavy atom. The van der Waals surface area contributed by atoms with Crippen LogP contribution in [0.2, 0.25) is 0 Å². The number of halogens is 1. The minimum Gasteiger partial charge on any atom is -0.347 e. The van der Waals surface area contributed by atoms with Gasteiger partial charge >= 0.3 is 0 Å². The number of anilines is 2. The number of alkyl halides is 1. The number of hydrogen-bond acceptors (Lipinski definition) is 8. The lowest BCUT2D eigenvalue weighted by molar-refractivity contribution is 0.0946. The number of pyridine rings is 2. The SMILES string of the molecule is Cc1cc(Nc2cc(C)[nH]n2)nc(-c2ccc(C(=O)NCc3ccc(-n4cc(C(C)F)cn4)nc3)nc2)n1. The van der Waals surface area contributed by atoms with Crippen molar-refractivity contribution < 1.29 is 9.18 Å². The van der Waals surface area contributed by atoms with Crippen molar-refractivity contribution >= 4 is 17.5 Å². The van der Waals surface area contributed by atoms with Crippen LogP contribution in [0, 0.1) is 13.8 Å². The number of nitrogens with one attached hydrogen (secondary N) is 3. The van der Waals surface area contributed by atoms with E-state index in [0.717, 1.165) is 17.0 Å². The van der Waals surface area contributed by atoms with Crippen molar-refractivity contribution in [3.63, 3.8) is 0 Å². The molecule has 5 rings (SSSR count). The number of aromatic amines is 1. The third-order valence-corrected chi connectivity index (χ3v) is 5.63. The van der Waals surface area contributed by atoms with Crippen molar-refractivity contribution in [3.05, 3.63) is 89.4 Å². The summed E-state index contributed by atoms with van der Waals surface area (Å²) in [7, 11) is 0. The Morgan fingerprint density at radius 2 is 1.92 bits per heavy atom. The van der Waals surface area contributed by atoms with Crippen LogP contribution in [0.15, 0.2) is 61.2 Å². The molecule has 3 N–H and O–H groups in total. The lowest BCUT2D eigenvalue weighted by atomic mass is 10.2. The van der Waals surface area contributed by atoms with Gasteiger partial charge in [0.15, 0.2) is 17.5 Å². The number of aryl methyl sites for hydroxylation is 2. The van der Waals surface area contributed by atoms with Crippen molar-refractivity contribution in [3.8, 4) is 17.2 Å². The number of aromatic nitrogens is 8. The summed E-state index contributed by atoms with van der Waals surface area (Å²) in [4.78, 5) is 30.3. The fraction of sp³-hybridized carbons (Fsp3) is 0.192. The molecule has 192 valence electrons. The van der Waals surface area contributed by atoms with E-state index in [1.165, 1.54) is 17.8 Å². The first-order valence-electron chi connectivity index (χ1n) is 11.9. The number of H-pyrrole nitrogens is 1. The van der Waals surface area contributed by atoms with Gasteiger partial charge in [0.1, 0.15) is 17.7 Å². The molecule has 0 spiro atoms. The smallest absolute Gasteiger partial charge is 0.270 e. The lowest BCUT2D eigenvalue weighted by Gasteiger charge is -2.08. The maximum Gasteiger partial charge on any atom is 0.270 e. The molecule has 5 heterocycles. The summed E-state index contributed by atoms with van der Waals surface area (Å²) < 4.78 is 14.9. The summed E-state index contributed by atoms with van der Waals surface area (Å²) in [5, 5.41) is 17.2. The minimum atomic E-state index is -1.10. The Bertz CT molecular complexity index is 1560. The zero-order valence-corrected chi connectivity index (χ0v) is 21.0. The minimum absolute atomic E-state index is 0.265. The normalized spacial score (nSPS) is 11.8. The molecule has 0 saturated heterocycles. The van der Waals surface area contributed by atoms with Gasteiger partial charge in [-0.15, -0.1) is 0 Å². The van der Waals surface area contributed by atoms with Crippen LogP contribution in [-0.4, -0.2) is 45.8 Å². The third kappa shape index (κ3) is 5.69. The van der Waals surface area contributed by atoms with Crippen molar-refractivity contribution in [2.75, 3.05) is 5.32 Å². The second-order valence-electron chi connectivity index (χ2n) is 8.75. The average Bonchev–Trinajstić information content (AvgIpc) is 3.57. The zero-order chi connectivity index (χ0) is 26.6. The van der Waals surface area contributed by atoms with Gasteiger partial charge in [0.05, 0.1) is 6.20 Å². The molecular formula is C26H25FN10O. The second kappa shape index (κ2) is 10.5. The predicted molar refractivity (Wildman–Crippen MR) is 139 cm³/mol. The molecule has 0 fully saturated rings. The standard InChI is InChI=1S/C26H25FN10O/c1-15-8-22(33-23-9-16(2)35-36-23)34-25(32-15)19-5-6-21(28-12-19)26(38)30-11-18-4-7-24(29-10-18)37-14-20(13-31-37)17(3)27/h4-10,12-14,17H,11H2,1-3H3,(H,30,38)(H2,32,33,34,35,36). The van der Waals surface area contributed by atoms with Gasteiger partial charge in [0.25, 0.3) is 5.91 Å².